The lowest BCUT2D eigenvalue weighted by Crippen LogP contribution is -2.13. The van der Waals surface area contributed by atoms with Crippen LogP contribution in [0.25, 0.3) is 12.2 Å². The van der Waals surface area contributed by atoms with Crippen molar-refractivity contribution in [2.24, 2.45) is 0 Å². The van der Waals surface area contributed by atoms with E-state index in [0.717, 1.165) is 5.56 Å². The highest BCUT2D eigenvalue weighted by atomic mass is 16.6. The molecule has 0 aromatic heterocycles. The molecule has 2 atom stereocenters. The fourth-order valence-electron chi connectivity index (χ4n) is 5.49. The molecule has 5 rings (SSSR count). The van der Waals surface area contributed by atoms with Crippen molar-refractivity contribution in [3.63, 3.8) is 0 Å². The van der Waals surface area contributed by atoms with Crippen LogP contribution in [0.3, 0.4) is 0 Å². The van der Waals surface area contributed by atoms with Gasteiger partial charge in [0.1, 0.15) is 40.6 Å². The van der Waals surface area contributed by atoms with Gasteiger partial charge in [-0.2, -0.15) is 0 Å². The molecule has 0 saturated carbocycles. The Hall–Kier alpha value is -6.23. The SMILES string of the molecule is CC(=O)Oc1ccc(/C=C/c2cc(OC(C)=O)cc3c2C(c2cc(OC(C)=O)cc(OC(C)=O)c2)C(c2ccc(OC(C)=O)cc2)O3)cc1. The van der Waals surface area contributed by atoms with Crippen LogP contribution >= 0.6 is 0 Å². The van der Waals surface area contributed by atoms with Gasteiger partial charge >= 0.3 is 29.8 Å². The van der Waals surface area contributed by atoms with Crippen LogP contribution in [0.15, 0.2) is 78.9 Å². The largest absolute Gasteiger partial charge is 0.484 e. The summed E-state index contributed by atoms with van der Waals surface area (Å²) in [6.07, 6.45) is 2.97. The first-order valence-electron chi connectivity index (χ1n) is 15.1. The summed E-state index contributed by atoms with van der Waals surface area (Å²) in [5, 5.41) is 0. The maximum absolute atomic E-state index is 12.0. The lowest BCUT2D eigenvalue weighted by molar-refractivity contribution is -0.133. The number of rotatable bonds is 9. The molecule has 0 radical (unpaired) electrons. The van der Waals surface area contributed by atoms with E-state index in [1.54, 1.807) is 72.8 Å². The van der Waals surface area contributed by atoms with Gasteiger partial charge in [0.25, 0.3) is 0 Å². The Morgan fingerprint density at radius 1 is 0.510 bits per heavy atom. The first kappa shape index (κ1) is 34.1. The Labute approximate surface area is 282 Å². The van der Waals surface area contributed by atoms with E-state index in [1.165, 1.54) is 40.7 Å². The zero-order valence-electron chi connectivity index (χ0n) is 27.3. The molecular formula is C38H32O11. The van der Waals surface area contributed by atoms with Gasteiger partial charge in [-0.1, -0.05) is 36.4 Å². The van der Waals surface area contributed by atoms with Crippen molar-refractivity contribution in [1.29, 1.82) is 0 Å². The van der Waals surface area contributed by atoms with Crippen LogP contribution in [0, 0.1) is 0 Å². The standard InChI is InChI=1S/C38H32O11/c1-21(39)44-30-12-7-26(8-13-30)6-9-28-16-34(48-25(5)43)20-35-36(28)37(38(49-35)27-10-14-31(15-11-27)45-22(2)40)29-17-32(46-23(3)41)19-33(18-29)47-24(4)42/h6-20,37-38H,1-5H3/b9-6+. The Balaban J connectivity index is 1.69. The minimum Gasteiger partial charge on any atom is -0.484 e. The predicted molar refractivity (Wildman–Crippen MR) is 176 cm³/mol. The molecule has 1 aliphatic heterocycles. The molecule has 11 heteroatoms. The lowest BCUT2D eigenvalue weighted by atomic mass is 9.82. The topological polar surface area (TPSA) is 141 Å². The molecule has 1 heterocycles. The second kappa shape index (κ2) is 14.7. The lowest BCUT2D eigenvalue weighted by Gasteiger charge is -2.22. The zero-order valence-corrected chi connectivity index (χ0v) is 27.3. The quantitative estimate of drug-likeness (QED) is 0.107. The smallest absolute Gasteiger partial charge is 0.308 e. The number of ether oxygens (including phenoxy) is 6. The summed E-state index contributed by atoms with van der Waals surface area (Å²) >= 11 is 0. The number of hydrogen-bond acceptors (Lipinski definition) is 11. The summed E-state index contributed by atoms with van der Waals surface area (Å²) in [6, 6.07) is 21.8. The van der Waals surface area contributed by atoms with Crippen LogP contribution in [-0.4, -0.2) is 29.8 Å². The minimum atomic E-state index is -0.693. The molecule has 250 valence electrons. The van der Waals surface area contributed by atoms with Gasteiger partial charge in [0.15, 0.2) is 0 Å². The summed E-state index contributed by atoms with van der Waals surface area (Å²) in [4.78, 5) is 58.9. The van der Waals surface area contributed by atoms with Crippen molar-refractivity contribution >= 4 is 42.0 Å². The van der Waals surface area contributed by atoms with Crippen LogP contribution in [-0.2, 0) is 24.0 Å². The van der Waals surface area contributed by atoms with Gasteiger partial charge < -0.3 is 28.4 Å². The van der Waals surface area contributed by atoms with E-state index >= 15 is 0 Å². The molecule has 1 aliphatic rings. The number of fused-ring (bicyclic) bond motifs is 1. The van der Waals surface area contributed by atoms with Crippen LogP contribution < -0.4 is 28.4 Å². The van der Waals surface area contributed by atoms with Gasteiger partial charge in [-0.25, -0.2) is 0 Å². The Bertz CT molecular complexity index is 1920. The molecule has 2 unspecified atom stereocenters. The van der Waals surface area contributed by atoms with E-state index < -0.39 is 41.9 Å². The molecule has 0 N–H and O–H groups in total. The first-order valence-corrected chi connectivity index (χ1v) is 15.1. The van der Waals surface area contributed by atoms with E-state index in [4.69, 9.17) is 28.4 Å². The fraction of sp³-hybridized carbons (Fsp3) is 0.184. The Kier molecular flexibility index (Phi) is 10.2. The predicted octanol–water partition coefficient (Wildman–Crippen LogP) is 6.75. The van der Waals surface area contributed by atoms with Gasteiger partial charge in [-0.15, -0.1) is 0 Å². The van der Waals surface area contributed by atoms with E-state index in [-0.39, 0.29) is 17.2 Å². The van der Waals surface area contributed by atoms with Crippen LogP contribution in [0.1, 0.15) is 74.5 Å². The summed E-state index contributed by atoms with van der Waals surface area (Å²) in [5.74, 6) is -1.44. The molecule has 0 saturated heterocycles. The molecule has 0 spiro atoms. The average molecular weight is 665 g/mol. The average Bonchev–Trinajstić information content (AvgIpc) is 3.39. The highest BCUT2D eigenvalue weighted by Crippen LogP contribution is 2.53. The zero-order chi connectivity index (χ0) is 35.2. The van der Waals surface area contributed by atoms with Crippen LogP contribution in [0.2, 0.25) is 0 Å². The van der Waals surface area contributed by atoms with Crippen molar-refractivity contribution in [2.75, 3.05) is 0 Å². The highest BCUT2D eigenvalue weighted by Gasteiger charge is 2.39. The van der Waals surface area contributed by atoms with Crippen molar-refractivity contribution in [3.05, 3.63) is 107 Å². The third-order valence-electron chi connectivity index (χ3n) is 7.13. The molecule has 0 aliphatic carbocycles. The number of benzene rings is 4. The number of hydrogen-bond donors (Lipinski definition) is 0. The van der Waals surface area contributed by atoms with E-state index in [2.05, 4.69) is 0 Å². The first-order chi connectivity index (χ1) is 23.3. The molecular weight excluding hydrogens is 632 g/mol. The third-order valence-corrected chi connectivity index (χ3v) is 7.13. The van der Waals surface area contributed by atoms with Crippen LogP contribution in [0.5, 0.6) is 34.5 Å². The molecule has 4 aromatic rings. The third kappa shape index (κ3) is 8.77. The van der Waals surface area contributed by atoms with Gasteiger partial charge in [-0.3, -0.25) is 24.0 Å². The highest BCUT2D eigenvalue weighted by molar-refractivity contribution is 5.78. The summed E-state index contributed by atoms with van der Waals surface area (Å²) in [7, 11) is 0. The molecule has 11 nitrogen and oxygen atoms in total. The van der Waals surface area contributed by atoms with Crippen molar-refractivity contribution < 1.29 is 52.4 Å². The number of esters is 5. The van der Waals surface area contributed by atoms with E-state index in [1.807, 2.05) is 12.2 Å². The minimum absolute atomic E-state index is 0.153. The second-order valence-electron chi connectivity index (χ2n) is 11.1. The maximum Gasteiger partial charge on any atom is 0.308 e. The van der Waals surface area contributed by atoms with Crippen molar-refractivity contribution in [2.45, 2.75) is 46.6 Å². The number of carbonyl (C=O) groups excluding carboxylic acids is 5. The Morgan fingerprint density at radius 2 is 0.959 bits per heavy atom. The van der Waals surface area contributed by atoms with Gasteiger partial charge in [0, 0.05) is 52.3 Å². The second-order valence-corrected chi connectivity index (χ2v) is 11.1. The monoisotopic (exact) mass is 664 g/mol. The normalized spacial score (nSPS) is 14.7. The number of carbonyl (C=O) groups is 5. The van der Waals surface area contributed by atoms with E-state index in [9.17, 15) is 24.0 Å². The van der Waals surface area contributed by atoms with Crippen LogP contribution in [0.4, 0.5) is 0 Å². The van der Waals surface area contributed by atoms with Gasteiger partial charge in [-0.05, 0) is 64.7 Å². The van der Waals surface area contributed by atoms with Gasteiger partial charge in [0.05, 0.1) is 5.92 Å². The summed E-state index contributed by atoms with van der Waals surface area (Å²) < 4.78 is 33.3. The Morgan fingerprint density at radius 3 is 1.45 bits per heavy atom. The van der Waals surface area contributed by atoms with E-state index in [0.29, 0.717) is 39.5 Å². The molecule has 4 aromatic carbocycles. The van der Waals surface area contributed by atoms with Gasteiger partial charge in [0.2, 0.25) is 0 Å². The molecule has 0 bridgehead atoms. The summed E-state index contributed by atoms with van der Waals surface area (Å²) in [6.45, 7) is 6.44. The molecule has 49 heavy (non-hydrogen) atoms. The van der Waals surface area contributed by atoms with Crippen molar-refractivity contribution in [3.8, 4) is 34.5 Å². The maximum atomic E-state index is 12.0. The van der Waals surface area contributed by atoms with Crippen molar-refractivity contribution in [1.82, 2.24) is 0 Å². The molecule has 0 fully saturated rings. The fourth-order valence-corrected chi connectivity index (χ4v) is 5.49. The summed E-state index contributed by atoms with van der Waals surface area (Å²) in [5.41, 5.74) is 3.40. The molecule has 0 amide bonds.